The first-order chi connectivity index (χ1) is 6.77. The van der Waals surface area contributed by atoms with E-state index in [9.17, 15) is 0 Å². The van der Waals surface area contributed by atoms with Gasteiger partial charge in [-0.25, -0.2) is 0 Å². The van der Waals surface area contributed by atoms with E-state index in [0.717, 1.165) is 19.1 Å². The number of hydrogen-bond acceptors (Lipinski definition) is 3. The highest BCUT2D eigenvalue weighted by Crippen LogP contribution is 2.07. The fraction of sp³-hybridized carbons (Fsp3) is 1.00. The lowest BCUT2D eigenvalue weighted by Gasteiger charge is -2.37. The molecule has 1 aliphatic heterocycles. The Hall–Kier alpha value is -0.120. The molecule has 1 N–H and O–H groups in total. The Labute approximate surface area is 88.5 Å². The number of nitrogens with zero attached hydrogens (tertiary/aromatic N) is 2. The quantitative estimate of drug-likeness (QED) is 0.700. The zero-order valence-corrected chi connectivity index (χ0v) is 9.92. The van der Waals surface area contributed by atoms with E-state index in [1.807, 2.05) is 0 Å². The Morgan fingerprint density at radius 1 is 1.14 bits per heavy atom. The van der Waals surface area contributed by atoms with Crippen LogP contribution in [0.4, 0.5) is 0 Å². The molecule has 1 saturated heterocycles. The van der Waals surface area contributed by atoms with Crippen molar-refractivity contribution < 1.29 is 0 Å². The summed E-state index contributed by atoms with van der Waals surface area (Å²) in [5.74, 6) is 0. The minimum absolute atomic E-state index is 0.739. The molecule has 0 spiro atoms. The molecular weight excluding hydrogens is 174 g/mol. The summed E-state index contributed by atoms with van der Waals surface area (Å²) in [5.41, 5.74) is 0. The van der Waals surface area contributed by atoms with Crippen molar-refractivity contribution in [1.82, 2.24) is 15.1 Å². The van der Waals surface area contributed by atoms with Crippen LogP contribution >= 0.6 is 0 Å². The molecule has 3 heteroatoms. The molecule has 3 nitrogen and oxygen atoms in total. The molecule has 1 aliphatic rings. The number of piperazine rings is 1. The smallest absolute Gasteiger partial charge is 0.0219 e. The van der Waals surface area contributed by atoms with Crippen molar-refractivity contribution >= 4 is 0 Å². The second-order valence-corrected chi connectivity index (χ2v) is 4.21. The molecule has 0 aliphatic carbocycles. The van der Waals surface area contributed by atoms with Crippen LogP contribution < -0.4 is 5.32 Å². The number of likely N-dealkylation sites (N-methyl/N-ethyl adjacent to an activating group) is 2. The third kappa shape index (κ3) is 3.56. The molecule has 1 fully saturated rings. The molecule has 0 aromatic carbocycles. The normalized spacial score (nSPS) is 22.5. The van der Waals surface area contributed by atoms with E-state index >= 15 is 0 Å². The Kier molecular flexibility index (Phi) is 5.45. The van der Waals surface area contributed by atoms with Gasteiger partial charge in [-0.3, -0.25) is 4.90 Å². The molecule has 14 heavy (non-hydrogen) atoms. The van der Waals surface area contributed by atoms with Gasteiger partial charge in [-0.15, -0.1) is 0 Å². The summed E-state index contributed by atoms with van der Waals surface area (Å²) < 4.78 is 0. The van der Waals surface area contributed by atoms with Gasteiger partial charge in [-0.05, 0) is 20.0 Å². The fourth-order valence-electron chi connectivity index (χ4n) is 2.03. The second-order valence-electron chi connectivity index (χ2n) is 4.21. The van der Waals surface area contributed by atoms with Crippen molar-refractivity contribution in [2.45, 2.75) is 26.3 Å². The summed E-state index contributed by atoms with van der Waals surface area (Å²) in [7, 11) is 2.21. The summed E-state index contributed by atoms with van der Waals surface area (Å²) in [4.78, 5) is 5.04. The molecule has 0 bridgehead atoms. The van der Waals surface area contributed by atoms with Gasteiger partial charge < -0.3 is 10.2 Å². The molecule has 0 radical (unpaired) electrons. The van der Waals surface area contributed by atoms with Gasteiger partial charge in [0.1, 0.15) is 0 Å². The highest BCUT2D eigenvalue weighted by atomic mass is 15.3. The Balaban J connectivity index is 2.29. The van der Waals surface area contributed by atoms with E-state index in [-0.39, 0.29) is 0 Å². The third-order valence-corrected chi connectivity index (χ3v) is 3.16. The van der Waals surface area contributed by atoms with Gasteiger partial charge in [0.25, 0.3) is 0 Å². The predicted octanol–water partition coefficient (Wildman–Crippen LogP) is 0.622. The van der Waals surface area contributed by atoms with Crippen molar-refractivity contribution in [1.29, 1.82) is 0 Å². The van der Waals surface area contributed by atoms with Crippen LogP contribution in [0.25, 0.3) is 0 Å². The highest BCUT2D eigenvalue weighted by Gasteiger charge is 2.20. The molecule has 1 rings (SSSR count). The van der Waals surface area contributed by atoms with Gasteiger partial charge >= 0.3 is 0 Å². The minimum atomic E-state index is 0.739. The maximum Gasteiger partial charge on any atom is 0.0219 e. The van der Waals surface area contributed by atoms with Gasteiger partial charge in [0.2, 0.25) is 0 Å². The monoisotopic (exact) mass is 199 g/mol. The lowest BCUT2D eigenvalue weighted by molar-refractivity contribution is 0.108. The van der Waals surface area contributed by atoms with E-state index in [2.05, 4.69) is 36.0 Å². The molecule has 1 unspecified atom stereocenters. The Morgan fingerprint density at radius 3 is 2.29 bits per heavy atom. The van der Waals surface area contributed by atoms with Gasteiger partial charge in [-0.2, -0.15) is 0 Å². The number of nitrogens with one attached hydrogen (secondary N) is 1. The topological polar surface area (TPSA) is 18.5 Å². The second kappa shape index (κ2) is 6.38. The SMILES string of the molecule is CCNCC(CC)N1CCN(C)CC1. The van der Waals surface area contributed by atoms with Gasteiger partial charge in [0, 0.05) is 38.8 Å². The zero-order valence-electron chi connectivity index (χ0n) is 9.92. The number of rotatable bonds is 5. The maximum absolute atomic E-state index is 3.45. The molecular formula is C11H25N3. The molecule has 0 aromatic heterocycles. The molecule has 0 aromatic rings. The van der Waals surface area contributed by atoms with Crippen LogP contribution in [-0.4, -0.2) is 62.2 Å². The van der Waals surface area contributed by atoms with Gasteiger partial charge in [0.15, 0.2) is 0 Å². The van der Waals surface area contributed by atoms with Crippen LogP contribution in [0, 0.1) is 0 Å². The third-order valence-electron chi connectivity index (χ3n) is 3.16. The van der Waals surface area contributed by atoms with Crippen LogP contribution in [-0.2, 0) is 0 Å². The summed E-state index contributed by atoms with van der Waals surface area (Å²) in [6.45, 7) is 11.6. The first kappa shape index (κ1) is 12.0. The maximum atomic E-state index is 3.45. The van der Waals surface area contributed by atoms with E-state index < -0.39 is 0 Å². The van der Waals surface area contributed by atoms with E-state index in [4.69, 9.17) is 0 Å². The largest absolute Gasteiger partial charge is 0.315 e. The molecule has 84 valence electrons. The average molecular weight is 199 g/mol. The molecule has 1 heterocycles. The number of hydrogen-bond donors (Lipinski definition) is 1. The average Bonchev–Trinajstić information content (AvgIpc) is 2.21. The Morgan fingerprint density at radius 2 is 1.79 bits per heavy atom. The van der Waals surface area contributed by atoms with Crippen molar-refractivity contribution in [3.8, 4) is 0 Å². The summed E-state index contributed by atoms with van der Waals surface area (Å²) >= 11 is 0. The van der Waals surface area contributed by atoms with Crippen LogP contribution in [0.3, 0.4) is 0 Å². The van der Waals surface area contributed by atoms with E-state index in [1.54, 1.807) is 0 Å². The predicted molar refractivity (Wildman–Crippen MR) is 61.7 cm³/mol. The fourth-order valence-corrected chi connectivity index (χ4v) is 2.03. The van der Waals surface area contributed by atoms with E-state index in [1.165, 1.54) is 32.6 Å². The highest BCUT2D eigenvalue weighted by molar-refractivity contribution is 4.77. The lowest BCUT2D eigenvalue weighted by atomic mass is 10.1. The van der Waals surface area contributed by atoms with Crippen molar-refractivity contribution in [3.05, 3.63) is 0 Å². The zero-order chi connectivity index (χ0) is 10.4. The first-order valence-electron chi connectivity index (χ1n) is 5.91. The van der Waals surface area contributed by atoms with Crippen LogP contribution in [0.2, 0.25) is 0 Å². The standard InChI is InChI=1S/C11H25N3/c1-4-11(10-12-5-2)14-8-6-13(3)7-9-14/h11-12H,4-10H2,1-3H3. The van der Waals surface area contributed by atoms with Crippen LogP contribution in [0.15, 0.2) is 0 Å². The van der Waals surface area contributed by atoms with E-state index in [0.29, 0.717) is 0 Å². The summed E-state index contributed by atoms with van der Waals surface area (Å²) in [5, 5.41) is 3.45. The molecule has 0 amide bonds. The first-order valence-corrected chi connectivity index (χ1v) is 5.91. The van der Waals surface area contributed by atoms with Crippen molar-refractivity contribution in [3.63, 3.8) is 0 Å². The lowest BCUT2D eigenvalue weighted by Crippen LogP contribution is -2.51. The van der Waals surface area contributed by atoms with Gasteiger partial charge in [-0.1, -0.05) is 13.8 Å². The van der Waals surface area contributed by atoms with Crippen LogP contribution in [0.5, 0.6) is 0 Å². The summed E-state index contributed by atoms with van der Waals surface area (Å²) in [6.07, 6.45) is 1.26. The Bertz CT molecular complexity index is 139. The summed E-state index contributed by atoms with van der Waals surface area (Å²) in [6, 6.07) is 0.739. The van der Waals surface area contributed by atoms with Crippen molar-refractivity contribution in [2.24, 2.45) is 0 Å². The molecule has 0 saturated carbocycles. The van der Waals surface area contributed by atoms with Crippen LogP contribution in [0.1, 0.15) is 20.3 Å². The van der Waals surface area contributed by atoms with Gasteiger partial charge in [0.05, 0.1) is 0 Å². The minimum Gasteiger partial charge on any atom is -0.315 e. The molecule has 1 atom stereocenters. The van der Waals surface area contributed by atoms with Crippen molar-refractivity contribution in [2.75, 3.05) is 46.3 Å².